The Bertz CT molecular complexity index is 932. The zero-order chi connectivity index (χ0) is 26.5. The molecule has 1 aliphatic heterocycles. The second-order valence-corrected chi connectivity index (χ2v) is 10.9. The van der Waals surface area contributed by atoms with Crippen LogP contribution in [0.1, 0.15) is 114 Å². The minimum absolute atomic E-state index is 0.00173. The van der Waals surface area contributed by atoms with Gasteiger partial charge in [-0.05, 0) is 62.6 Å². The number of aryl methyl sites for hydroxylation is 1. The number of benzene rings is 1. The van der Waals surface area contributed by atoms with E-state index in [-0.39, 0.29) is 24.0 Å². The summed E-state index contributed by atoms with van der Waals surface area (Å²) in [6, 6.07) is 8.10. The van der Waals surface area contributed by atoms with E-state index in [0.29, 0.717) is 19.4 Å². The molecule has 1 saturated heterocycles. The minimum Gasteiger partial charge on any atom is -0.453 e. The van der Waals surface area contributed by atoms with Crippen molar-refractivity contribution in [3.63, 3.8) is 0 Å². The summed E-state index contributed by atoms with van der Waals surface area (Å²) in [5.41, 5.74) is 1.22. The molecule has 1 heterocycles. The van der Waals surface area contributed by atoms with Gasteiger partial charge in [0.15, 0.2) is 5.60 Å². The zero-order valence-corrected chi connectivity index (χ0v) is 23.4. The van der Waals surface area contributed by atoms with Crippen LogP contribution in [0.25, 0.3) is 0 Å². The van der Waals surface area contributed by atoms with E-state index in [1.807, 2.05) is 17.0 Å². The second kappa shape index (κ2) is 15.1. The number of ether oxygens (including phenoxy) is 2. The van der Waals surface area contributed by atoms with E-state index in [1.165, 1.54) is 58.5 Å². The first-order valence-electron chi connectivity index (χ1n) is 14.7. The van der Waals surface area contributed by atoms with E-state index in [9.17, 15) is 9.59 Å². The highest BCUT2D eigenvalue weighted by molar-refractivity contribution is 5.71. The molecule has 0 unspecified atom stereocenters. The van der Waals surface area contributed by atoms with Crippen LogP contribution >= 0.6 is 0 Å². The third-order valence-corrected chi connectivity index (χ3v) is 8.07. The molecule has 1 aromatic rings. The molecule has 0 bridgehead atoms. The molecule has 37 heavy (non-hydrogen) atoms. The number of esters is 1. The lowest BCUT2D eigenvalue weighted by Gasteiger charge is -2.42. The third-order valence-electron chi connectivity index (χ3n) is 8.07. The summed E-state index contributed by atoms with van der Waals surface area (Å²) >= 11 is 0. The van der Waals surface area contributed by atoms with Crippen molar-refractivity contribution in [2.24, 2.45) is 5.92 Å². The number of rotatable bonds is 12. The van der Waals surface area contributed by atoms with Crippen LogP contribution in [0.4, 0.5) is 4.79 Å². The summed E-state index contributed by atoms with van der Waals surface area (Å²) in [4.78, 5) is 27.3. The number of hydrogen-bond donors (Lipinski definition) is 0. The first-order chi connectivity index (χ1) is 18.0. The maximum atomic E-state index is 13.1. The van der Waals surface area contributed by atoms with Crippen molar-refractivity contribution in [3.05, 3.63) is 35.4 Å². The van der Waals surface area contributed by atoms with Gasteiger partial charge >= 0.3 is 12.1 Å². The molecule has 0 N–H and O–H groups in total. The van der Waals surface area contributed by atoms with Crippen LogP contribution in [0.3, 0.4) is 0 Å². The highest BCUT2D eigenvalue weighted by Crippen LogP contribution is 2.45. The van der Waals surface area contributed by atoms with Crippen molar-refractivity contribution < 1.29 is 19.1 Å². The average molecular weight is 510 g/mol. The van der Waals surface area contributed by atoms with Crippen molar-refractivity contribution in [1.29, 1.82) is 0 Å². The number of nitrogens with zero attached hydrogens (tertiary/aromatic N) is 1. The molecular weight excluding hydrogens is 462 g/mol. The molecule has 1 amide bonds. The maximum absolute atomic E-state index is 13.1. The quantitative estimate of drug-likeness (QED) is 0.166. The maximum Gasteiger partial charge on any atom is 0.409 e. The molecule has 0 spiro atoms. The summed E-state index contributed by atoms with van der Waals surface area (Å²) in [5.74, 6) is 6.60. The normalized spacial score (nSPS) is 22.6. The van der Waals surface area contributed by atoms with Gasteiger partial charge in [-0.2, -0.15) is 0 Å². The van der Waals surface area contributed by atoms with Gasteiger partial charge in [0.2, 0.25) is 0 Å². The van der Waals surface area contributed by atoms with Crippen molar-refractivity contribution in [1.82, 2.24) is 4.90 Å². The number of unbranched alkanes of at least 4 members (excludes halogenated alkanes) is 9. The standard InChI is InChI=1S/C32H47NO4/c1-4-5-6-7-8-9-10-11-12-13-19-30(34)37-32(23-20-27-17-14-16-26(2)25-27)22-15-18-29-28(32)21-24-33(29)31(35)36-3/h14,16-17,25,28-29H,4-13,15,18-19,21-22,24H2,1-3H3/t28-,29-,32-/m1/s1. The van der Waals surface area contributed by atoms with Crippen LogP contribution < -0.4 is 0 Å². The molecule has 3 rings (SSSR count). The summed E-state index contributed by atoms with van der Waals surface area (Å²) in [7, 11) is 1.43. The first-order valence-corrected chi connectivity index (χ1v) is 14.7. The number of carbonyl (C=O) groups excluding carboxylic acids is 2. The van der Waals surface area contributed by atoms with Crippen molar-refractivity contribution in [2.45, 2.75) is 122 Å². The van der Waals surface area contributed by atoms with Gasteiger partial charge in [0.05, 0.1) is 7.11 Å². The lowest BCUT2D eigenvalue weighted by Crippen LogP contribution is -2.51. The predicted molar refractivity (Wildman–Crippen MR) is 148 cm³/mol. The number of carbonyl (C=O) groups is 2. The highest BCUT2D eigenvalue weighted by atomic mass is 16.6. The molecule has 5 nitrogen and oxygen atoms in total. The van der Waals surface area contributed by atoms with Crippen LogP contribution in [0, 0.1) is 24.7 Å². The summed E-state index contributed by atoms with van der Waals surface area (Å²) in [5, 5.41) is 0. The second-order valence-electron chi connectivity index (χ2n) is 10.9. The van der Waals surface area contributed by atoms with E-state index >= 15 is 0 Å². The number of fused-ring (bicyclic) bond motifs is 1. The Morgan fingerprint density at radius 3 is 2.41 bits per heavy atom. The van der Waals surface area contributed by atoms with Gasteiger partial charge in [-0.15, -0.1) is 0 Å². The molecule has 1 aromatic carbocycles. The van der Waals surface area contributed by atoms with Gasteiger partial charge in [-0.25, -0.2) is 4.79 Å². The van der Waals surface area contributed by atoms with Crippen molar-refractivity contribution in [2.75, 3.05) is 13.7 Å². The van der Waals surface area contributed by atoms with Gasteiger partial charge in [0.1, 0.15) is 0 Å². The topological polar surface area (TPSA) is 55.8 Å². The molecule has 204 valence electrons. The highest BCUT2D eigenvalue weighted by Gasteiger charge is 2.53. The third kappa shape index (κ3) is 8.52. The smallest absolute Gasteiger partial charge is 0.409 e. The average Bonchev–Trinajstić information content (AvgIpc) is 3.34. The van der Waals surface area contributed by atoms with Gasteiger partial charge in [-0.3, -0.25) is 4.79 Å². The molecule has 3 atom stereocenters. The van der Waals surface area contributed by atoms with Crippen LogP contribution in [-0.2, 0) is 14.3 Å². The Balaban J connectivity index is 1.60. The fraction of sp³-hybridized carbons (Fsp3) is 0.688. The summed E-state index contributed by atoms with van der Waals surface area (Å²) in [6.45, 7) is 4.92. The van der Waals surface area contributed by atoms with Crippen molar-refractivity contribution in [3.8, 4) is 11.8 Å². The number of likely N-dealkylation sites (tertiary alicyclic amines) is 1. The summed E-state index contributed by atoms with van der Waals surface area (Å²) in [6.07, 6.45) is 15.7. The van der Waals surface area contributed by atoms with Gasteiger partial charge in [0.25, 0.3) is 0 Å². The molecule has 0 radical (unpaired) electrons. The predicted octanol–water partition coefficient (Wildman–Crippen LogP) is 7.58. The largest absolute Gasteiger partial charge is 0.453 e. The number of methoxy groups -OCH3 is 1. The monoisotopic (exact) mass is 509 g/mol. The van der Waals surface area contributed by atoms with Gasteiger partial charge in [0, 0.05) is 30.5 Å². The number of hydrogen-bond acceptors (Lipinski definition) is 4. The molecule has 2 fully saturated rings. The SMILES string of the molecule is CCCCCCCCCCCCC(=O)O[C@@]1(C#Cc2cccc(C)c2)CCC[C@@H]2[C@H]1CCN2C(=O)OC. The minimum atomic E-state index is -0.856. The Labute approximate surface area is 224 Å². The molecule has 2 aliphatic rings. The Morgan fingerprint density at radius 2 is 1.73 bits per heavy atom. The summed E-state index contributed by atoms with van der Waals surface area (Å²) < 4.78 is 11.3. The Morgan fingerprint density at radius 1 is 1.03 bits per heavy atom. The fourth-order valence-corrected chi connectivity index (χ4v) is 6.08. The number of amides is 1. The van der Waals surface area contributed by atoms with Crippen molar-refractivity contribution >= 4 is 12.1 Å². The van der Waals surface area contributed by atoms with Crippen LogP contribution in [0.15, 0.2) is 24.3 Å². The zero-order valence-electron chi connectivity index (χ0n) is 23.4. The van der Waals surface area contributed by atoms with E-state index < -0.39 is 5.60 Å². The van der Waals surface area contributed by atoms with Gasteiger partial charge < -0.3 is 14.4 Å². The Kier molecular flexibility index (Phi) is 11.8. The van der Waals surface area contributed by atoms with E-state index in [1.54, 1.807) is 0 Å². The lowest BCUT2D eigenvalue weighted by molar-refractivity contribution is -0.162. The molecule has 1 saturated carbocycles. The van der Waals surface area contributed by atoms with Crippen LogP contribution in [0.2, 0.25) is 0 Å². The molecule has 0 aromatic heterocycles. The van der Waals surface area contributed by atoms with E-state index in [4.69, 9.17) is 9.47 Å². The van der Waals surface area contributed by atoms with Gasteiger partial charge in [-0.1, -0.05) is 82.8 Å². The Hall–Kier alpha value is -2.48. The van der Waals surface area contributed by atoms with Crippen LogP contribution in [-0.4, -0.2) is 42.3 Å². The van der Waals surface area contributed by atoms with E-state index in [2.05, 4.69) is 37.8 Å². The van der Waals surface area contributed by atoms with Crippen LogP contribution in [0.5, 0.6) is 0 Å². The molecular formula is C32H47NO4. The fourth-order valence-electron chi connectivity index (χ4n) is 6.08. The molecule has 5 heteroatoms. The molecule has 1 aliphatic carbocycles. The lowest BCUT2D eigenvalue weighted by atomic mass is 9.72. The first kappa shape index (κ1) is 29.1. The van der Waals surface area contributed by atoms with E-state index in [0.717, 1.165) is 43.2 Å².